The van der Waals surface area contributed by atoms with Crippen molar-refractivity contribution in [2.75, 3.05) is 39.7 Å². The molecule has 0 aliphatic heterocycles. The lowest BCUT2D eigenvalue weighted by Gasteiger charge is -2.14. The summed E-state index contributed by atoms with van der Waals surface area (Å²) in [7, 11) is 4.56. The van der Waals surface area contributed by atoms with Gasteiger partial charge < -0.3 is 14.8 Å². The molecule has 0 heterocycles. The first-order valence-electron chi connectivity index (χ1n) is 5.74. The van der Waals surface area contributed by atoms with Gasteiger partial charge in [0, 0.05) is 5.69 Å². The number of anilines is 1. The second kappa shape index (κ2) is 7.38. The van der Waals surface area contributed by atoms with E-state index in [1.54, 1.807) is 43.3 Å². The first kappa shape index (κ1) is 15.0. The Hall–Kier alpha value is -2.08. The lowest BCUT2D eigenvalue weighted by Crippen LogP contribution is -2.34. The maximum atomic E-state index is 11.7. The number of likely N-dealkylation sites (N-methyl/N-ethyl adjacent to an activating group) is 1. The van der Waals surface area contributed by atoms with Crippen LogP contribution in [-0.4, -0.2) is 51.1 Å². The number of amides is 1. The topological polar surface area (TPSA) is 67.9 Å². The van der Waals surface area contributed by atoms with Gasteiger partial charge >= 0.3 is 5.97 Å². The normalized spacial score (nSPS) is 10.1. The van der Waals surface area contributed by atoms with Crippen LogP contribution in [0.1, 0.15) is 0 Å². The van der Waals surface area contributed by atoms with Gasteiger partial charge in [-0.15, -0.1) is 0 Å². The van der Waals surface area contributed by atoms with Crippen LogP contribution in [0.2, 0.25) is 0 Å². The molecule has 0 aromatic heterocycles. The summed E-state index contributed by atoms with van der Waals surface area (Å²) >= 11 is 0. The molecule has 1 rings (SSSR count). The average Bonchev–Trinajstić information content (AvgIpc) is 2.39. The molecule has 0 fully saturated rings. The smallest absolute Gasteiger partial charge is 0.319 e. The quantitative estimate of drug-likeness (QED) is 0.769. The summed E-state index contributed by atoms with van der Waals surface area (Å²) < 4.78 is 9.54. The van der Waals surface area contributed by atoms with Crippen molar-refractivity contribution in [3.8, 4) is 5.75 Å². The van der Waals surface area contributed by atoms with Gasteiger partial charge in [-0.25, -0.2) is 0 Å². The van der Waals surface area contributed by atoms with Crippen LogP contribution in [0.4, 0.5) is 5.69 Å². The van der Waals surface area contributed by atoms with E-state index in [1.807, 2.05) is 0 Å². The van der Waals surface area contributed by atoms with E-state index in [-0.39, 0.29) is 25.0 Å². The van der Waals surface area contributed by atoms with Gasteiger partial charge in [-0.2, -0.15) is 0 Å². The van der Waals surface area contributed by atoms with E-state index >= 15 is 0 Å². The first-order valence-corrected chi connectivity index (χ1v) is 5.74. The number of rotatable bonds is 6. The molecule has 1 amide bonds. The van der Waals surface area contributed by atoms with Crippen LogP contribution in [0.15, 0.2) is 24.3 Å². The lowest BCUT2D eigenvalue weighted by molar-refractivity contribution is -0.141. The van der Waals surface area contributed by atoms with Gasteiger partial charge in [0.1, 0.15) is 5.75 Å². The molecule has 0 spiro atoms. The van der Waals surface area contributed by atoms with Gasteiger partial charge in [0.15, 0.2) is 0 Å². The monoisotopic (exact) mass is 266 g/mol. The molecule has 1 N–H and O–H groups in total. The number of nitrogens with one attached hydrogen (secondary N) is 1. The molecule has 1 aromatic carbocycles. The minimum absolute atomic E-state index is 0.0759. The Balaban J connectivity index is 2.43. The van der Waals surface area contributed by atoms with Gasteiger partial charge in [-0.05, 0) is 31.3 Å². The zero-order chi connectivity index (χ0) is 14.3. The summed E-state index contributed by atoms with van der Waals surface area (Å²) in [4.78, 5) is 24.3. The maximum absolute atomic E-state index is 11.7. The maximum Gasteiger partial charge on any atom is 0.319 e. The van der Waals surface area contributed by atoms with Crippen molar-refractivity contribution in [2.24, 2.45) is 0 Å². The van der Waals surface area contributed by atoms with E-state index in [9.17, 15) is 9.59 Å². The molecule has 104 valence electrons. The summed E-state index contributed by atoms with van der Waals surface area (Å²) in [5, 5.41) is 2.73. The van der Waals surface area contributed by atoms with Gasteiger partial charge in [0.2, 0.25) is 5.91 Å². The van der Waals surface area contributed by atoms with Gasteiger partial charge in [-0.3, -0.25) is 14.5 Å². The Kier molecular flexibility index (Phi) is 5.81. The van der Waals surface area contributed by atoms with Crippen molar-refractivity contribution in [3.63, 3.8) is 0 Å². The molecule has 0 aliphatic carbocycles. The molecule has 0 saturated carbocycles. The van der Waals surface area contributed by atoms with Crippen LogP contribution in [-0.2, 0) is 14.3 Å². The molecule has 6 nitrogen and oxygen atoms in total. The summed E-state index contributed by atoms with van der Waals surface area (Å²) in [6.45, 7) is 0.188. The number of nitrogens with zero attached hydrogens (tertiary/aromatic N) is 1. The van der Waals surface area contributed by atoms with Crippen molar-refractivity contribution in [3.05, 3.63) is 24.3 Å². The SMILES string of the molecule is COC(=O)CN(C)CC(=O)Nc1ccc(OC)cc1. The van der Waals surface area contributed by atoms with Gasteiger partial charge in [0.25, 0.3) is 0 Å². The summed E-state index contributed by atoms with van der Waals surface area (Å²) in [6.07, 6.45) is 0. The fourth-order valence-electron chi connectivity index (χ4n) is 1.46. The van der Waals surface area contributed by atoms with E-state index in [0.717, 1.165) is 5.75 Å². The largest absolute Gasteiger partial charge is 0.497 e. The zero-order valence-electron chi connectivity index (χ0n) is 11.3. The highest BCUT2D eigenvalue weighted by Gasteiger charge is 2.10. The van der Waals surface area contributed by atoms with Crippen molar-refractivity contribution in [2.45, 2.75) is 0 Å². The molecule has 0 bridgehead atoms. The minimum Gasteiger partial charge on any atom is -0.497 e. The number of ether oxygens (including phenoxy) is 2. The van der Waals surface area contributed by atoms with Gasteiger partial charge in [-0.1, -0.05) is 0 Å². The summed E-state index contributed by atoms with van der Waals surface area (Å²) in [5.41, 5.74) is 0.678. The Labute approximate surface area is 112 Å². The second-order valence-electron chi connectivity index (χ2n) is 4.03. The fraction of sp³-hybridized carbons (Fsp3) is 0.385. The van der Waals surface area contributed by atoms with E-state index in [1.165, 1.54) is 7.11 Å². The number of benzene rings is 1. The molecule has 0 atom stereocenters. The third kappa shape index (κ3) is 5.39. The van der Waals surface area contributed by atoms with Crippen molar-refractivity contribution in [1.29, 1.82) is 0 Å². The molecule has 6 heteroatoms. The lowest BCUT2D eigenvalue weighted by atomic mass is 10.3. The predicted octanol–water partition coefficient (Wildman–Crippen LogP) is 0.738. The van der Waals surface area contributed by atoms with Gasteiger partial charge in [0.05, 0.1) is 27.3 Å². The van der Waals surface area contributed by atoms with E-state index in [0.29, 0.717) is 5.69 Å². The zero-order valence-corrected chi connectivity index (χ0v) is 11.3. The van der Waals surface area contributed by atoms with E-state index in [4.69, 9.17) is 4.74 Å². The second-order valence-corrected chi connectivity index (χ2v) is 4.03. The molecule has 0 unspecified atom stereocenters. The van der Waals surface area contributed by atoms with Crippen LogP contribution < -0.4 is 10.1 Å². The van der Waals surface area contributed by atoms with Crippen LogP contribution in [0.5, 0.6) is 5.75 Å². The molecule has 19 heavy (non-hydrogen) atoms. The Morgan fingerprint density at radius 3 is 2.32 bits per heavy atom. The average molecular weight is 266 g/mol. The molecule has 1 aromatic rings. The molecular weight excluding hydrogens is 248 g/mol. The van der Waals surface area contributed by atoms with Crippen LogP contribution in [0.3, 0.4) is 0 Å². The standard InChI is InChI=1S/C13H18N2O4/c1-15(9-13(17)19-3)8-12(16)14-10-4-6-11(18-2)7-5-10/h4-7H,8-9H2,1-3H3,(H,14,16). The number of carbonyl (C=O) groups is 2. The fourth-order valence-corrected chi connectivity index (χ4v) is 1.46. The van der Waals surface area contributed by atoms with E-state index in [2.05, 4.69) is 10.1 Å². The Bertz CT molecular complexity index is 431. The molecule has 0 aliphatic rings. The number of methoxy groups -OCH3 is 2. The highest BCUT2D eigenvalue weighted by molar-refractivity contribution is 5.92. The Morgan fingerprint density at radius 1 is 1.16 bits per heavy atom. The molecule has 0 radical (unpaired) electrons. The van der Waals surface area contributed by atoms with E-state index < -0.39 is 0 Å². The third-order valence-electron chi connectivity index (χ3n) is 2.41. The summed E-state index contributed by atoms with van der Waals surface area (Å²) in [5.74, 6) is 0.150. The highest BCUT2D eigenvalue weighted by atomic mass is 16.5. The Morgan fingerprint density at radius 2 is 1.79 bits per heavy atom. The number of esters is 1. The first-order chi connectivity index (χ1) is 9.05. The van der Waals surface area contributed by atoms with Crippen LogP contribution in [0.25, 0.3) is 0 Å². The number of hydrogen-bond donors (Lipinski definition) is 1. The molecular formula is C13H18N2O4. The summed E-state index contributed by atoms with van der Waals surface area (Å²) in [6, 6.07) is 7.01. The number of hydrogen-bond acceptors (Lipinski definition) is 5. The van der Waals surface area contributed by atoms with Crippen LogP contribution >= 0.6 is 0 Å². The molecule has 0 saturated heterocycles. The van der Waals surface area contributed by atoms with Crippen molar-refractivity contribution in [1.82, 2.24) is 4.90 Å². The van der Waals surface area contributed by atoms with Crippen molar-refractivity contribution < 1.29 is 19.1 Å². The highest BCUT2D eigenvalue weighted by Crippen LogP contribution is 2.14. The number of carbonyl (C=O) groups excluding carboxylic acids is 2. The predicted molar refractivity (Wildman–Crippen MR) is 71.1 cm³/mol. The minimum atomic E-state index is -0.375. The van der Waals surface area contributed by atoms with Crippen molar-refractivity contribution >= 4 is 17.6 Å². The van der Waals surface area contributed by atoms with Crippen LogP contribution in [0, 0.1) is 0 Å². The third-order valence-corrected chi connectivity index (χ3v) is 2.41.